The number of hydrogen-bond acceptors (Lipinski definition) is 5. The number of hydrogen-bond donors (Lipinski definition) is 1. The summed E-state index contributed by atoms with van der Waals surface area (Å²) in [5.41, 5.74) is 3.31. The molecule has 0 radical (unpaired) electrons. The molecule has 0 fully saturated rings. The van der Waals surface area contributed by atoms with E-state index in [1.807, 2.05) is 17.5 Å². The van der Waals surface area contributed by atoms with Gasteiger partial charge < -0.3 is 14.6 Å². The molecule has 3 heterocycles. The number of carbonyl (C=O) groups is 2. The largest absolute Gasteiger partial charge is 0.462 e. The molecule has 3 aromatic rings. The summed E-state index contributed by atoms with van der Waals surface area (Å²) < 4.78 is 8.44. The highest BCUT2D eigenvalue weighted by molar-refractivity contribution is 7.17. The van der Waals surface area contributed by atoms with Crippen LogP contribution in [0.4, 0.5) is 5.00 Å². The van der Waals surface area contributed by atoms with Crippen LogP contribution in [-0.2, 0) is 17.6 Å². The van der Waals surface area contributed by atoms with Crippen molar-refractivity contribution in [2.24, 2.45) is 0 Å². The average molecular weight is 417 g/mol. The van der Waals surface area contributed by atoms with Crippen molar-refractivity contribution >= 4 is 49.8 Å². The number of esters is 1. The molecule has 0 unspecified atom stereocenters. The quantitative estimate of drug-likeness (QED) is 0.547. The fourth-order valence-corrected chi connectivity index (χ4v) is 6.00. The van der Waals surface area contributed by atoms with E-state index in [1.54, 1.807) is 18.3 Å². The molecule has 1 aliphatic carbocycles. The molecule has 0 saturated carbocycles. The summed E-state index contributed by atoms with van der Waals surface area (Å²) in [5.74, 6) is -0.515. The third-order valence-electron chi connectivity index (χ3n) is 5.09. The Kier molecular flexibility index (Phi) is 5.29. The van der Waals surface area contributed by atoms with Crippen LogP contribution in [0.3, 0.4) is 0 Å². The lowest BCUT2D eigenvalue weighted by atomic mass is 9.95. The van der Waals surface area contributed by atoms with Crippen LogP contribution < -0.4 is 5.32 Å². The molecule has 0 atom stereocenters. The number of aromatic nitrogens is 1. The number of nitrogens with zero attached hydrogens (tertiary/aromatic N) is 1. The van der Waals surface area contributed by atoms with Crippen LogP contribution >= 0.6 is 22.7 Å². The first-order chi connectivity index (χ1) is 13.5. The summed E-state index contributed by atoms with van der Waals surface area (Å²) >= 11 is 3.15. The highest BCUT2D eigenvalue weighted by Gasteiger charge is 2.28. The Hall–Kier alpha value is -2.12. The molecule has 4 rings (SSSR count). The fraction of sp³-hybridized carbons (Fsp3) is 0.429. The lowest BCUT2D eigenvalue weighted by molar-refractivity contribution is 0.0526. The number of anilines is 1. The molecule has 0 aliphatic heterocycles. The lowest BCUT2D eigenvalue weighted by Crippen LogP contribution is -2.19. The lowest BCUT2D eigenvalue weighted by Gasteiger charge is -2.14. The zero-order valence-corrected chi connectivity index (χ0v) is 18.0. The fourth-order valence-electron chi connectivity index (χ4n) is 3.92. The van der Waals surface area contributed by atoms with E-state index >= 15 is 0 Å². The van der Waals surface area contributed by atoms with Gasteiger partial charge in [0.15, 0.2) is 0 Å². The monoisotopic (exact) mass is 416 g/mol. The molecule has 5 nitrogen and oxygen atoms in total. The molecule has 0 saturated heterocycles. The zero-order valence-electron chi connectivity index (χ0n) is 16.3. The van der Waals surface area contributed by atoms with Crippen LogP contribution in [0.2, 0.25) is 0 Å². The second-order valence-electron chi connectivity index (χ2n) is 7.25. The maximum Gasteiger partial charge on any atom is 0.341 e. The Morgan fingerprint density at radius 3 is 2.82 bits per heavy atom. The van der Waals surface area contributed by atoms with Crippen LogP contribution in [0.5, 0.6) is 0 Å². The van der Waals surface area contributed by atoms with Crippen molar-refractivity contribution < 1.29 is 14.3 Å². The minimum atomic E-state index is -0.336. The van der Waals surface area contributed by atoms with Crippen molar-refractivity contribution in [1.82, 2.24) is 4.57 Å². The molecule has 28 heavy (non-hydrogen) atoms. The van der Waals surface area contributed by atoms with Gasteiger partial charge in [-0.05, 0) is 69.5 Å². The number of nitrogens with one attached hydrogen (secondary N) is 1. The standard InChI is InChI=1S/C21H24N2O3S2/c1-4-26-21(25)18-13-7-5-6-8-16(13)28-20(18)22-19(24)15-11-17-14(9-10-27-17)23(15)12(2)3/h9-12H,4-8H2,1-3H3,(H,22,24). The second kappa shape index (κ2) is 7.72. The van der Waals surface area contributed by atoms with Gasteiger partial charge in [0, 0.05) is 10.9 Å². The number of thiophene rings is 2. The van der Waals surface area contributed by atoms with Gasteiger partial charge in [0.25, 0.3) is 5.91 Å². The Balaban J connectivity index is 1.72. The highest BCUT2D eigenvalue weighted by Crippen LogP contribution is 2.39. The summed E-state index contributed by atoms with van der Waals surface area (Å²) in [6.07, 6.45) is 4.01. The Labute approximate surface area is 172 Å². The predicted octanol–water partition coefficient (Wildman–Crippen LogP) is 5.65. The van der Waals surface area contributed by atoms with E-state index < -0.39 is 0 Å². The van der Waals surface area contributed by atoms with E-state index in [9.17, 15) is 9.59 Å². The normalized spacial score (nSPS) is 13.7. The molecule has 7 heteroatoms. The summed E-state index contributed by atoms with van der Waals surface area (Å²) in [4.78, 5) is 27.0. The van der Waals surface area contributed by atoms with Gasteiger partial charge in [0.05, 0.1) is 22.4 Å². The van der Waals surface area contributed by atoms with Crippen molar-refractivity contribution in [2.75, 3.05) is 11.9 Å². The molecule has 3 aromatic heterocycles. The summed E-state index contributed by atoms with van der Waals surface area (Å²) in [5, 5.41) is 5.69. The van der Waals surface area contributed by atoms with Crippen molar-refractivity contribution in [3.05, 3.63) is 39.2 Å². The van der Waals surface area contributed by atoms with Crippen LogP contribution in [-0.4, -0.2) is 23.1 Å². The number of aryl methyl sites for hydroxylation is 1. The van der Waals surface area contributed by atoms with Crippen molar-refractivity contribution in [3.8, 4) is 0 Å². The van der Waals surface area contributed by atoms with E-state index in [1.165, 1.54) is 16.2 Å². The molecule has 0 bridgehead atoms. The Morgan fingerprint density at radius 2 is 2.07 bits per heavy atom. The van der Waals surface area contributed by atoms with Crippen LogP contribution in [0.1, 0.15) is 70.9 Å². The van der Waals surface area contributed by atoms with Gasteiger partial charge >= 0.3 is 5.97 Å². The Bertz CT molecular complexity index is 1040. The van der Waals surface area contributed by atoms with Gasteiger partial charge in [0.2, 0.25) is 0 Å². The SMILES string of the molecule is CCOC(=O)c1c(NC(=O)c2cc3sccc3n2C(C)C)sc2c1CCCC2. The number of amides is 1. The molecule has 1 N–H and O–H groups in total. The number of fused-ring (bicyclic) bond motifs is 2. The minimum absolute atomic E-state index is 0.161. The van der Waals surface area contributed by atoms with Gasteiger partial charge in [-0.2, -0.15) is 0 Å². The second-order valence-corrected chi connectivity index (χ2v) is 9.31. The van der Waals surface area contributed by atoms with Gasteiger partial charge in [-0.3, -0.25) is 4.79 Å². The summed E-state index contributed by atoms with van der Waals surface area (Å²) in [7, 11) is 0. The van der Waals surface area contributed by atoms with Gasteiger partial charge in [-0.25, -0.2) is 4.79 Å². The maximum absolute atomic E-state index is 13.2. The summed E-state index contributed by atoms with van der Waals surface area (Å²) in [6, 6.07) is 4.14. The first-order valence-electron chi connectivity index (χ1n) is 9.72. The van der Waals surface area contributed by atoms with E-state index in [-0.39, 0.29) is 17.9 Å². The van der Waals surface area contributed by atoms with Gasteiger partial charge in [-0.15, -0.1) is 22.7 Å². The number of ether oxygens (including phenoxy) is 1. The predicted molar refractivity (Wildman–Crippen MR) is 115 cm³/mol. The maximum atomic E-state index is 13.2. The molecule has 0 spiro atoms. The molecular formula is C21H24N2O3S2. The van der Waals surface area contributed by atoms with E-state index in [4.69, 9.17) is 4.74 Å². The molecule has 1 amide bonds. The van der Waals surface area contributed by atoms with Crippen LogP contribution in [0.15, 0.2) is 17.5 Å². The molecular weight excluding hydrogens is 392 g/mol. The van der Waals surface area contributed by atoms with Crippen molar-refractivity contribution in [2.45, 2.75) is 52.5 Å². The third kappa shape index (κ3) is 3.26. The van der Waals surface area contributed by atoms with Crippen LogP contribution in [0, 0.1) is 0 Å². The van der Waals surface area contributed by atoms with Gasteiger partial charge in [0.1, 0.15) is 10.7 Å². The number of carbonyl (C=O) groups excluding carboxylic acids is 2. The first-order valence-corrected chi connectivity index (χ1v) is 11.4. The van der Waals surface area contributed by atoms with E-state index in [2.05, 4.69) is 23.7 Å². The first kappa shape index (κ1) is 19.2. The molecule has 148 valence electrons. The highest BCUT2D eigenvalue weighted by atomic mass is 32.1. The van der Waals surface area contributed by atoms with Gasteiger partial charge in [-0.1, -0.05) is 0 Å². The van der Waals surface area contributed by atoms with Crippen molar-refractivity contribution in [3.63, 3.8) is 0 Å². The Morgan fingerprint density at radius 1 is 1.29 bits per heavy atom. The zero-order chi connectivity index (χ0) is 19.8. The van der Waals surface area contributed by atoms with Crippen LogP contribution in [0.25, 0.3) is 10.2 Å². The third-order valence-corrected chi connectivity index (χ3v) is 7.15. The molecule has 1 aliphatic rings. The average Bonchev–Trinajstić information content (AvgIpc) is 3.33. The summed E-state index contributed by atoms with van der Waals surface area (Å²) in [6.45, 7) is 6.27. The van der Waals surface area contributed by atoms with E-state index in [0.29, 0.717) is 22.9 Å². The van der Waals surface area contributed by atoms with E-state index in [0.717, 1.165) is 41.5 Å². The smallest absolute Gasteiger partial charge is 0.341 e. The molecule has 0 aromatic carbocycles. The minimum Gasteiger partial charge on any atom is -0.462 e. The topological polar surface area (TPSA) is 60.3 Å². The number of rotatable bonds is 5. The van der Waals surface area contributed by atoms with Crippen molar-refractivity contribution in [1.29, 1.82) is 0 Å².